The number of ether oxygens (including phenoxy) is 1. The summed E-state index contributed by atoms with van der Waals surface area (Å²) in [6.45, 7) is 10.4. The fourth-order valence-corrected chi connectivity index (χ4v) is 4.94. The highest BCUT2D eigenvalue weighted by Crippen LogP contribution is 2.51. The molecule has 4 rings (SSSR count). The van der Waals surface area contributed by atoms with Gasteiger partial charge in [-0.3, -0.25) is 14.6 Å². The molecule has 1 aromatic heterocycles. The van der Waals surface area contributed by atoms with Crippen molar-refractivity contribution in [3.8, 4) is 0 Å². The number of benzene rings is 1. The van der Waals surface area contributed by atoms with Crippen LogP contribution in [0.1, 0.15) is 71.8 Å². The minimum Gasteiger partial charge on any atom is -0.444 e. The molecule has 2 aliphatic rings. The second kappa shape index (κ2) is 8.15. The van der Waals surface area contributed by atoms with Crippen LogP contribution in [-0.2, 0) is 9.53 Å². The first kappa shape index (κ1) is 22.2. The van der Waals surface area contributed by atoms with Crippen LogP contribution in [0, 0.1) is 19.8 Å². The van der Waals surface area contributed by atoms with Crippen LogP contribution in [-0.4, -0.2) is 46.2 Å². The number of hydrogen-bond donors (Lipinski definition) is 0. The van der Waals surface area contributed by atoms with Gasteiger partial charge in [-0.1, -0.05) is 23.8 Å². The maximum Gasteiger partial charge on any atom is 0.410 e. The standard InChI is InChI=1S/C26H30N2O4/c1-15-6-9-18-20(12-15)21-14-28(25(31)32-26(3,4)5)11-10-19(21)22(18)24(30)23(29)17-8-7-16(2)27-13-17/h6-9,12-13,19,21-22H,10-11,14H2,1-5H3. The number of ketones is 2. The molecule has 6 heteroatoms. The molecule has 3 atom stereocenters. The molecular weight excluding hydrogens is 404 g/mol. The van der Waals surface area contributed by atoms with Crippen molar-refractivity contribution in [2.75, 3.05) is 13.1 Å². The van der Waals surface area contributed by atoms with E-state index in [4.69, 9.17) is 4.74 Å². The zero-order chi connectivity index (χ0) is 23.2. The van der Waals surface area contributed by atoms with Crippen molar-refractivity contribution in [2.24, 2.45) is 5.92 Å². The number of rotatable bonds is 3. The van der Waals surface area contributed by atoms with E-state index in [0.29, 0.717) is 25.1 Å². The molecular formula is C26H30N2O4. The molecule has 1 aliphatic heterocycles. The van der Waals surface area contributed by atoms with Crippen molar-refractivity contribution in [3.63, 3.8) is 0 Å². The lowest BCUT2D eigenvalue weighted by molar-refractivity contribution is -0.117. The largest absolute Gasteiger partial charge is 0.444 e. The number of pyridine rings is 1. The van der Waals surface area contributed by atoms with Crippen molar-refractivity contribution in [1.82, 2.24) is 9.88 Å². The summed E-state index contributed by atoms with van der Waals surface area (Å²) in [6, 6.07) is 9.46. The lowest BCUT2D eigenvalue weighted by Crippen LogP contribution is -2.45. The van der Waals surface area contributed by atoms with Crippen LogP contribution >= 0.6 is 0 Å². The van der Waals surface area contributed by atoms with Gasteiger partial charge in [0.15, 0.2) is 0 Å². The van der Waals surface area contributed by atoms with Crippen molar-refractivity contribution < 1.29 is 19.1 Å². The Labute approximate surface area is 189 Å². The van der Waals surface area contributed by atoms with Crippen molar-refractivity contribution in [2.45, 2.75) is 58.5 Å². The summed E-state index contributed by atoms with van der Waals surface area (Å²) in [5.41, 5.74) is 3.63. The first-order chi connectivity index (χ1) is 15.0. The Morgan fingerprint density at radius 1 is 1.06 bits per heavy atom. The number of Topliss-reactive ketones (excluding diaryl/α,β-unsaturated/α-hetero) is 2. The molecule has 0 spiro atoms. The number of nitrogens with zero attached hydrogens (tertiary/aromatic N) is 2. The molecule has 2 aromatic rings. The van der Waals surface area contributed by atoms with Gasteiger partial charge in [-0.25, -0.2) is 4.79 Å². The molecule has 3 unspecified atom stereocenters. The highest BCUT2D eigenvalue weighted by molar-refractivity contribution is 6.45. The summed E-state index contributed by atoms with van der Waals surface area (Å²) in [7, 11) is 0. The van der Waals surface area contributed by atoms with E-state index in [1.165, 1.54) is 6.20 Å². The monoisotopic (exact) mass is 434 g/mol. The van der Waals surface area contributed by atoms with Crippen LogP contribution in [0.5, 0.6) is 0 Å². The summed E-state index contributed by atoms with van der Waals surface area (Å²) in [5.74, 6) is -1.39. The third kappa shape index (κ3) is 4.18. The minimum atomic E-state index is -0.564. The van der Waals surface area contributed by atoms with Gasteiger partial charge in [0, 0.05) is 36.5 Å². The fourth-order valence-electron chi connectivity index (χ4n) is 4.94. The molecule has 6 nitrogen and oxygen atoms in total. The van der Waals surface area contributed by atoms with E-state index in [0.717, 1.165) is 22.4 Å². The number of aromatic nitrogens is 1. The maximum absolute atomic E-state index is 13.5. The van der Waals surface area contributed by atoms with E-state index in [-0.39, 0.29) is 23.7 Å². The van der Waals surface area contributed by atoms with Gasteiger partial charge in [-0.05, 0) is 70.2 Å². The molecule has 0 bridgehead atoms. The second-order valence-corrected chi connectivity index (χ2v) is 9.98. The predicted molar refractivity (Wildman–Crippen MR) is 121 cm³/mol. The Bertz CT molecular complexity index is 1070. The van der Waals surface area contributed by atoms with Crippen LogP contribution in [0.2, 0.25) is 0 Å². The van der Waals surface area contributed by atoms with Gasteiger partial charge in [0.25, 0.3) is 0 Å². The smallest absolute Gasteiger partial charge is 0.410 e. The van der Waals surface area contributed by atoms with Crippen LogP contribution in [0.25, 0.3) is 0 Å². The summed E-state index contributed by atoms with van der Waals surface area (Å²) in [5, 5.41) is 0. The number of aryl methyl sites for hydroxylation is 2. The van der Waals surface area contributed by atoms with Crippen molar-refractivity contribution in [1.29, 1.82) is 0 Å². The quantitative estimate of drug-likeness (QED) is 0.522. The zero-order valence-corrected chi connectivity index (χ0v) is 19.3. The predicted octanol–water partition coefficient (Wildman–Crippen LogP) is 4.59. The van der Waals surface area contributed by atoms with Crippen LogP contribution in [0.4, 0.5) is 4.79 Å². The van der Waals surface area contributed by atoms with E-state index in [9.17, 15) is 14.4 Å². The number of fused-ring (bicyclic) bond motifs is 3. The van der Waals surface area contributed by atoms with Gasteiger partial charge >= 0.3 is 6.09 Å². The molecule has 1 aliphatic carbocycles. The number of amides is 1. The average Bonchev–Trinajstić information content (AvgIpc) is 3.05. The van der Waals surface area contributed by atoms with Gasteiger partial charge < -0.3 is 9.64 Å². The lowest BCUT2D eigenvalue weighted by Gasteiger charge is -2.37. The van der Waals surface area contributed by atoms with E-state index >= 15 is 0 Å². The molecule has 0 N–H and O–H groups in total. The summed E-state index contributed by atoms with van der Waals surface area (Å²) >= 11 is 0. The molecule has 1 fully saturated rings. The Hall–Kier alpha value is -3.02. The highest BCUT2D eigenvalue weighted by Gasteiger charge is 2.49. The third-order valence-electron chi connectivity index (χ3n) is 6.40. The first-order valence-electron chi connectivity index (χ1n) is 11.1. The Kier molecular flexibility index (Phi) is 5.65. The van der Waals surface area contributed by atoms with Gasteiger partial charge in [0.1, 0.15) is 5.60 Å². The van der Waals surface area contributed by atoms with E-state index in [1.807, 2.05) is 46.8 Å². The van der Waals surface area contributed by atoms with Gasteiger partial charge in [0.2, 0.25) is 11.6 Å². The van der Waals surface area contributed by atoms with Gasteiger partial charge in [-0.15, -0.1) is 0 Å². The molecule has 0 radical (unpaired) electrons. The fraction of sp³-hybridized carbons (Fsp3) is 0.462. The van der Waals surface area contributed by atoms with Crippen LogP contribution in [0.15, 0.2) is 36.5 Å². The molecule has 0 saturated carbocycles. The maximum atomic E-state index is 13.5. The Balaban J connectivity index is 1.64. The molecule has 2 heterocycles. The normalized spacial score (nSPS) is 22.2. The molecule has 1 amide bonds. The van der Waals surface area contributed by atoms with Gasteiger partial charge in [-0.2, -0.15) is 0 Å². The highest BCUT2D eigenvalue weighted by atomic mass is 16.6. The van der Waals surface area contributed by atoms with Crippen molar-refractivity contribution >= 4 is 17.7 Å². The number of hydrogen-bond acceptors (Lipinski definition) is 5. The minimum absolute atomic E-state index is 0.00376. The van der Waals surface area contributed by atoms with Gasteiger partial charge in [0.05, 0.1) is 5.92 Å². The summed E-state index contributed by atoms with van der Waals surface area (Å²) in [4.78, 5) is 45.1. The van der Waals surface area contributed by atoms with E-state index in [1.54, 1.807) is 17.0 Å². The van der Waals surface area contributed by atoms with E-state index < -0.39 is 17.3 Å². The lowest BCUT2D eigenvalue weighted by atomic mass is 9.78. The SMILES string of the molecule is Cc1ccc2c(c1)C1CN(C(=O)OC(C)(C)C)CCC1C2C(=O)C(=O)c1ccc(C)nc1. The first-order valence-corrected chi connectivity index (χ1v) is 11.1. The molecule has 1 aromatic carbocycles. The Morgan fingerprint density at radius 2 is 1.81 bits per heavy atom. The Morgan fingerprint density at radius 3 is 2.47 bits per heavy atom. The van der Waals surface area contributed by atoms with Crippen LogP contribution in [0.3, 0.4) is 0 Å². The van der Waals surface area contributed by atoms with Crippen LogP contribution < -0.4 is 0 Å². The second-order valence-electron chi connectivity index (χ2n) is 9.98. The molecule has 168 valence electrons. The summed E-state index contributed by atoms with van der Waals surface area (Å²) in [6.07, 6.45) is 1.79. The zero-order valence-electron chi connectivity index (χ0n) is 19.3. The number of piperidine rings is 1. The number of carbonyl (C=O) groups excluding carboxylic acids is 3. The summed E-state index contributed by atoms with van der Waals surface area (Å²) < 4.78 is 5.58. The van der Waals surface area contributed by atoms with E-state index in [2.05, 4.69) is 11.1 Å². The number of likely N-dealkylation sites (tertiary alicyclic amines) is 1. The molecule has 32 heavy (non-hydrogen) atoms. The average molecular weight is 435 g/mol. The molecule has 1 saturated heterocycles. The third-order valence-corrected chi connectivity index (χ3v) is 6.40. The topological polar surface area (TPSA) is 76.6 Å². The number of carbonyl (C=O) groups is 3. The van der Waals surface area contributed by atoms with Crippen molar-refractivity contribution in [3.05, 3.63) is 64.5 Å².